The first-order valence-corrected chi connectivity index (χ1v) is 14.7. The number of hydrogen-bond acceptors (Lipinski definition) is 10. The van der Waals surface area contributed by atoms with E-state index in [1.165, 1.54) is 30.1 Å². The van der Waals surface area contributed by atoms with Crippen molar-refractivity contribution in [1.29, 1.82) is 5.26 Å². The lowest BCUT2D eigenvalue weighted by molar-refractivity contribution is -0.139. The SMILES string of the molecule is CCOC(=O)C1=C(C)N=c2s/c(=C\c3cc(OC)c(OCC#N)cc3Br)c(=O)n2[C@H]1c1ccc(OC(C)C)c(OC)c1. The minimum atomic E-state index is -0.816. The zero-order valence-electron chi connectivity index (χ0n) is 24.0. The maximum atomic E-state index is 14.0. The number of nitriles is 1. The lowest BCUT2D eigenvalue weighted by Crippen LogP contribution is -2.40. The molecule has 12 heteroatoms. The number of carbonyl (C=O) groups excluding carboxylic acids is 1. The Labute approximate surface area is 255 Å². The molecule has 1 aliphatic rings. The van der Waals surface area contributed by atoms with Crippen molar-refractivity contribution in [2.24, 2.45) is 4.99 Å². The Balaban J connectivity index is 1.93. The second-order valence-electron chi connectivity index (χ2n) is 9.35. The number of fused-ring (bicyclic) bond motifs is 1. The summed E-state index contributed by atoms with van der Waals surface area (Å²) in [6, 6.07) is 9.84. The average molecular weight is 657 g/mol. The van der Waals surface area contributed by atoms with Gasteiger partial charge in [-0.15, -0.1) is 0 Å². The predicted octanol–water partition coefficient (Wildman–Crippen LogP) is 4.27. The Morgan fingerprint density at radius 3 is 2.52 bits per heavy atom. The Bertz CT molecular complexity index is 1770. The van der Waals surface area contributed by atoms with Crippen LogP contribution < -0.4 is 33.8 Å². The van der Waals surface area contributed by atoms with Crippen molar-refractivity contribution in [2.75, 3.05) is 27.4 Å². The number of nitrogens with zero attached hydrogens (tertiary/aromatic N) is 3. The largest absolute Gasteiger partial charge is 0.493 e. The van der Waals surface area contributed by atoms with Gasteiger partial charge in [-0.3, -0.25) is 9.36 Å². The molecule has 0 radical (unpaired) electrons. The molecule has 2 heterocycles. The topological polar surface area (TPSA) is 121 Å². The van der Waals surface area contributed by atoms with Crippen LogP contribution in [0, 0.1) is 11.3 Å². The molecule has 1 aromatic heterocycles. The molecule has 42 heavy (non-hydrogen) atoms. The molecule has 0 N–H and O–H groups in total. The maximum Gasteiger partial charge on any atom is 0.338 e. The highest BCUT2D eigenvalue weighted by Gasteiger charge is 2.34. The third-order valence-electron chi connectivity index (χ3n) is 6.24. The first-order valence-electron chi connectivity index (χ1n) is 13.0. The normalized spacial score (nSPS) is 14.6. The van der Waals surface area contributed by atoms with Crippen LogP contribution in [0.4, 0.5) is 0 Å². The molecule has 2 aromatic carbocycles. The molecule has 0 saturated heterocycles. The fourth-order valence-electron chi connectivity index (χ4n) is 4.50. The van der Waals surface area contributed by atoms with Crippen LogP contribution in [0.1, 0.15) is 44.9 Å². The van der Waals surface area contributed by atoms with E-state index in [0.29, 0.717) is 53.6 Å². The number of hydrogen-bond donors (Lipinski definition) is 0. The molecular formula is C30H30BrN3O7S. The van der Waals surface area contributed by atoms with Crippen LogP contribution in [0.15, 0.2) is 55.9 Å². The molecule has 4 rings (SSSR count). The quantitative estimate of drug-likeness (QED) is 0.297. The van der Waals surface area contributed by atoms with Crippen molar-refractivity contribution >= 4 is 39.3 Å². The number of methoxy groups -OCH3 is 2. The highest BCUT2D eigenvalue weighted by atomic mass is 79.9. The van der Waals surface area contributed by atoms with Gasteiger partial charge in [0.2, 0.25) is 0 Å². The van der Waals surface area contributed by atoms with Gasteiger partial charge in [0.05, 0.1) is 48.8 Å². The van der Waals surface area contributed by atoms with E-state index in [9.17, 15) is 9.59 Å². The van der Waals surface area contributed by atoms with Crippen molar-refractivity contribution < 1.29 is 28.5 Å². The highest BCUT2D eigenvalue weighted by Crippen LogP contribution is 2.37. The molecule has 0 unspecified atom stereocenters. The summed E-state index contributed by atoms with van der Waals surface area (Å²) in [6.07, 6.45) is 1.63. The molecular weight excluding hydrogens is 626 g/mol. The summed E-state index contributed by atoms with van der Waals surface area (Å²) in [5.41, 5.74) is 1.66. The second kappa shape index (κ2) is 13.3. The number of aromatic nitrogens is 1. The van der Waals surface area contributed by atoms with E-state index in [1.807, 2.05) is 19.9 Å². The zero-order valence-corrected chi connectivity index (χ0v) is 26.4. The monoisotopic (exact) mass is 655 g/mol. The highest BCUT2D eigenvalue weighted by molar-refractivity contribution is 9.10. The lowest BCUT2D eigenvalue weighted by atomic mass is 9.95. The van der Waals surface area contributed by atoms with Crippen molar-refractivity contribution in [1.82, 2.24) is 4.57 Å². The second-order valence-corrected chi connectivity index (χ2v) is 11.2. The summed E-state index contributed by atoms with van der Waals surface area (Å²) in [5.74, 6) is 1.25. The number of benzene rings is 2. The van der Waals surface area contributed by atoms with Gasteiger partial charge in [0.15, 0.2) is 34.4 Å². The number of esters is 1. The predicted molar refractivity (Wildman–Crippen MR) is 161 cm³/mol. The van der Waals surface area contributed by atoms with Crippen LogP contribution in [0.3, 0.4) is 0 Å². The lowest BCUT2D eigenvalue weighted by Gasteiger charge is -2.25. The standard InChI is InChI=1S/C30H30BrN3O7S/c1-7-39-29(36)26-17(4)33-30-34(27(26)18-8-9-21(41-16(2)3)22(12-18)37-5)28(35)25(42-30)14-19-13-23(38-6)24(15-20(19)31)40-11-10-32/h8-9,12-16,27H,7,11H2,1-6H3/b25-14-/t27-/m0/s1. The fourth-order valence-corrected chi connectivity index (χ4v) is 5.97. The van der Waals surface area contributed by atoms with Gasteiger partial charge in [-0.05, 0) is 69.2 Å². The molecule has 0 fully saturated rings. The minimum absolute atomic E-state index is 0.0791. The zero-order chi connectivity index (χ0) is 30.6. The Kier molecular flexibility index (Phi) is 9.75. The molecule has 3 aromatic rings. The molecule has 10 nitrogen and oxygen atoms in total. The molecule has 1 aliphatic heterocycles. The first-order chi connectivity index (χ1) is 20.1. The van der Waals surface area contributed by atoms with Gasteiger partial charge in [0.1, 0.15) is 6.07 Å². The molecule has 0 aliphatic carbocycles. The third kappa shape index (κ3) is 6.22. The summed E-state index contributed by atoms with van der Waals surface area (Å²) in [7, 11) is 3.03. The van der Waals surface area contributed by atoms with Crippen molar-refractivity contribution in [3.63, 3.8) is 0 Å². The number of carbonyl (C=O) groups is 1. The summed E-state index contributed by atoms with van der Waals surface area (Å²) >= 11 is 4.73. The first kappa shape index (κ1) is 30.9. The van der Waals surface area contributed by atoms with E-state index >= 15 is 0 Å². The molecule has 0 bridgehead atoms. The minimum Gasteiger partial charge on any atom is -0.493 e. The Morgan fingerprint density at radius 1 is 1.17 bits per heavy atom. The third-order valence-corrected chi connectivity index (χ3v) is 7.91. The van der Waals surface area contributed by atoms with Crippen LogP contribution in [0.25, 0.3) is 6.08 Å². The van der Waals surface area contributed by atoms with E-state index < -0.39 is 12.0 Å². The van der Waals surface area contributed by atoms with Crippen LogP contribution in [-0.4, -0.2) is 44.1 Å². The molecule has 220 valence electrons. The summed E-state index contributed by atoms with van der Waals surface area (Å²) in [6.45, 7) is 7.31. The summed E-state index contributed by atoms with van der Waals surface area (Å²) in [4.78, 5) is 32.3. The van der Waals surface area contributed by atoms with Gasteiger partial charge in [0, 0.05) is 4.47 Å². The van der Waals surface area contributed by atoms with Crippen molar-refractivity contribution in [3.05, 3.63) is 76.9 Å². The molecule has 1 atom stereocenters. The van der Waals surface area contributed by atoms with E-state index in [1.54, 1.807) is 50.3 Å². The summed E-state index contributed by atoms with van der Waals surface area (Å²) in [5, 5.41) is 8.88. The van der Waals surface area contributed by atoms with E-state index in [0.717, 1.165) is 0 Å². The summed E-state index contributed by atoms with van der Waals surface area (Å²) < 4.78 is 30.3. The molecule has 0 spiro atoms. The van der Waals surface area contributed by atoms with Crippen LogP contribution in [0.5, 0.6) is 23.0 Å². The van der Waals surface area contributed by atoms with E-state index in [2.05, 4.69) is 20.9 Å². The average Bonchev–Trinajstić information content (AvgIpc) is 3.26. The van der Waals surface area contributed by atoms with Gasteiger partial charge in [0.25, 0.3) is 5.56 Å². The molecule has 0 amide bonds. The smallest absolute Gasteiger partial charge is 0.338 e. The van der Waals surface area contributed by atoms with Gasteiger partial charge >= 0.3 is 5.97 Å². The van der Waals surface area contributed by atoms with Crippen LogP contribution >= 0.6 is 27.3 Å². The van der Waals surface area contributed by atoms with E-state index in [4.69, 9.17) is 28.9 Å². The number of halogens is 1. The van der Waals surface area contributed by atoms with Gasteiger partial charge < -0.3 is 23.7 Å². The maximum absolute atomic E-state index is 14.0. The van der Waals surface area contributed by atoms with Gasteiger partial charge in [-0.2, -0.15) is 5.26 Å². The Morgan fingerprint density at radius 2 is 1.88 bits per heavy atom. The number of ether oxygens (including phenoxy) is 5. The molecule has 0 saturated carbocycles. The number of thiazole rings is 1. The fraction of sp³-hybridized carbons (Fsp3) is 0.333. The van der Waals surface area contributed by atoms with Crippen molar-refractivity contribution in [2.45, 2.75) is 39.8 Å². The van der Waals surface area contributed by atoms with Gasteiger partial charge in [-0.25, -0.2) is 9.79 Å². The number of allylic oxidation sites excluding steroid dienone is 1. The number of rotatable bonds is 10. The van der Waals surface area contributed by atoms with Crippen molar-refractivity contribution in [3.8, 4) is 29.1 Å². The van der Waals surface area contributed by atoms with Gasteiger partial charge in [-0.1, -0.05) is 33.3 Å². The Hall–Kier alpha value is -4.08. The van der Waals surface area contributed by atoms with Crippen LogP contribution in [-0.2, 0) is 9.53 Å². The van der Waals surface area contributed by atoms with Crippen LogP contribution in [0.2, 0.25) is 0 Å². The van der Waals surface area contributed by atoms with E-state index in [-0.39, 0.29) is 30.5 Å².